The molecule has 0 saturated carbocycles. The van der Waals surface area contributed by atoms with Gasteiger partial charge in [-0.25, -0.2) is 0 Å². The normalized spacial score (nSPS) is 10.6. The minimum Gasteiger partial charge on any atom is -0.425 e. The fourth-order valence-electron chi connectivity index (χ4n) is 1.53. The molecule has 8 nitrogen and oxygen atoms in total. The van der Waals surface area contributed by atoms with Gasteiger partial charge in [0.1, 0.15) is 0 Å². The first-order valence-electron chi connectivity index (χ1n) is 7.48. The van der Waals surface area contributed by atoms with Crippen LogP contribution < -0.4 is 18.9 Å². The Morgan fingerprint density at radius 1 is 1.00 bits per heavy atom. The number of carbonyl (C=O) groups is 4. The third kappa shape index (κ3) is 5.59. The van der Waals surface area contributed by atoms with Gasteiger partial charge >= 0.3 is 17.9 Å². The van der Waals surface area contributed by atoms with Gasteiger partial charge in [0.05, 0.1) is 5.41 Å². The number of carbonyl (C=O) groups excluding carboxylic acids is 4. The summed E-state index contributed by atoms with van der Waals surface area (Å²) < 4.78 is 20.1. The Hall–Kier alpha value is -2.90. The van der Waals surface area contributed by atoms with Crippen LogP contribution in [0.1, 0.15) is 41.0 Å². The van der Waals surface area contributed by atoms with E-state index >= 15 is 0 Å². The molecule has 0 amide bonds. The van der Waals surface area contributed by atoms with E-state index in [0.29, 0.717) is 0 Å². The Morgan fingerprint density at radius 2 is 1.56 bits per heavy atom. The molecule has 1 rings (SSSR count). The molecule has 0 unspecified atom stereocenters. The maximum absolute atomic E-state index is 12.1. The van der Waals surface area contributed by atoms with Crippen LogP contribution in [0.2, 0.25) is 0 Å². The number of esters is 3. The van der Waals surface area contributed by atoms with E-state index in [4.69, 9.17) is 18.9 Å². The molecule has 8 heteroatoms. The van der Waals surface area contributed by atoms with Gasteiger partial charge in [0.25, 0.3) is 6.47 Å². The molecule has 0 aromatic heterocycles. The zero-order valence-electron chi connectivity index (χ0n) is 14.7. The standard InChI is InChI=1S/C17H20O8/c1-6-13(20)25-15-12(24-16(21)17(3,4)5)8-7-11(22-9-18)14(15)23-10(2)19/h7-9H,6H2,1-5H3. The molecule has 0 N–H and O–H groups in total. The average molecular weight is 352 g/mol. The van der Waals surface area contributed by atoms with E-state index in [1.807, 2.05) is 0 Å². The quantitative estimate of drug-likeness (QED) is 0.437. The van der Waals surface area contributed by atoms with Crippen LogP contribution in [0.5, 0.6) is 23.0 Å². The average Bonchev–Trinajstić information content (AvgIpc) is 2.51. The van der Waals surface area contributed by atoms with Gasteiger partial charge < -0.3 is 18.9 Å². The Labute approximate surface area is 145 Å². The van der Waals surface area contributed by atoms with Crippen LogP contribution in [0.25, 0.3) is 0 Å². The summed E-state index contributed by atoms with van der Waals surface area (Å²) in [5.41, 5.74) is -0.828. The maximum Gasteiger partial charge on any atom is 0.316 e. The Kier molecular flexibility index (Phi) is 6.67. The van der Waals surface area contributed by atoms with Crippen LogP contribution in [-0.4, -0.2) is 24.4 Å². The number of ether oxygens (including phenoxy) is 4. The van der Waals surface area contributed by atoms with E-state index in [-0.39, 0.29) is 35.9 Å². The molecule has 0 aliphatic heterocycles. The summed E-state index contributed by atoms with van der Waals surface area (Å²) in [5.74, 6) is -2.97. The highest BCUT2D eigenvalue weighted by Gasteiger charge is 2.28. The van der Waals surface area contributed by atoms with Gasteiger partial charge in [-0.3, -0.25) is 19.2 Å². The lowest BCUT2D eigenvalue weighted by atomic mass is 9.97. The lowest BCUT2D eigenvalue weighted by molar-refractivity contribution is -0.143. The minimum atomic E-state index is -0.828. The SMILES string of the molecule is CCC(=O)Oc1c(OC(=O)C(C)(C)C)ccc(OC=O)c1OC(C)=O. The predicted octanol–water partition coefficient (Wildman–Crippen LogP) is 2.41. The summed E-state index contributed by atoms with van der Waals surface area (Å²) >= 11 is 0. The Bertz CT molecular complexity index is 685. The van der Waals surface area contributed by atoms with Crippen LogP contribution in [0.4, 0.5) is 0 Å². The van der Waals surface area contributed by atoms with Gasteiger partial charge in [-0.1, -0.05) is 6.92 Å². The van der Waals surface area contributed by atoms with Crippen LogP contribution in [-0.2, 0) is 19.2 Å². The van der Waals surface area contributed by atoms with E-state index < -0.39 is 23.3 Å². The summed E-state index contributed by atoms with van der Waals surface area (Å²) in [6.45, 7) is 7.72. The first-order chi connectivity index (χ1) is 11.6. The van der Waals surface area contributed by atoms with Crippen LogP contribution >= 0.6 is 0 Å². The maximum atomic E-state index is 12.1. The van der Waals surface area contributed by atoms with Crippen molar-refractivity contribution in [3.8, 4) is 23.0 Å². The second kappa shape index (κ2) is 8.27. The highest BCUT2D eigenvalue weighted by Crippen LogP contribution is 2.45. The van der Waals surface area contributed by atoms with Gasteiger partial charge in [0.15, 0.2) is 11.5 Å². The monoisotopic (exact) mass is 352 g/mol. The number of rotatable bonds is 6. The zero-order chi connectivity index (χ0) is 19.2. The molecule has 0 heterocycles. The molecule has 0 bridgehead atoms. The molecule has 0 atom stereocenters. The first kappa shape index (κ1) is 20.1. The highest BCUT2D eigenvalue weighted by atomic mass is 16.6. The first-order valence-corrected chi connectivity index (χ1v) is 7.48. The molecule has 0 saturated heterocycles. The van der Waals surface area contributed by atoms with Crippen LogP contribution in [0.15, 0.2) is 12.1 Å². The molecule has 0 aliphatic carbocycles. The van der Waals surface area contributed by atoms with Crippen molar-refractivity contribution >= 4 is 24.4 Å². The van der Waals surface area contributed by atoms with Crippen molar-refractivity contribution in [1.82, 2.24) is 0 Å². The number of hydrogen-bond acceptors (Lipinski definition) is 8. The van der Waals surface area contributed by atoms with Crippen molar-refractivity contribution in [2.24, 2.45) is 5.41 Å². The molecule has 0 spiro atoms. The minimum absolute atomic E-state index is 0.0188. The molecule has 25 heavy (non-hydrogen) atoms. The van der Waals surface area contributed by atoms with Crippen LogP contribution in [0.3, 0.4) is 0 Å². The second-order valence-corrected chi connectivity index (χ2v) is 5.99. The zero-order valence-corrected chi connectivity index (χ0v) is 14.7. The van der Waals surface area contributed by atoms with Gasteiger partial charge in [-0.15, -0.1) is 0 Å². The molecule has 0 aliphatic rings. The molecule has 0 radical (unpaired) electrons. The number of benzene rings is 1. The van der Waals surface area contributed by atoms with E-state index in [1.165, 1.54) is 12.1 Å². The van der Waals surface area contributed by atoms with E-state index in [1.54, 1.807) is 27.7 Å². The van der Waals surface area contributed by atoms with Gasteiger partial charge in [-0.2, -0.15) is 0 Å². The van der Waals surface area contributed by atoms with E-state index in [0.717, 1.165) is 6.92 Å². The van der Waals surface area contributed by atoms with Gasteiger partial charge in [0, 0.05) is 13.3 Å². The molecule has 136 valence electrons. The molecular formula is C17H20O8. The van der Waals surface area contributed by atoms with Crippen LogP contribution in [0, 0.1) is 5.41 Å². The summed E-state index contributed by atoms with van der Waals surface area (Å²) in [5, 5.41) is 0. The Balaban J connectivity index is 3.48. The van der Waals surface area contributed by atoms with Gasteiger partial charge in [0.2, 0.25) is 11.5 Å². The summed E-state index contributed by atoms with van der Waals surface area (Å²) in [4.78, 5) is 45.8. The van der Waals surface area contributed by atoms with Crippen molar-refractivity contribution in [3.63, 3.8) is 0 Å². The van der Waals surface area contributed by atoms with Crippen molar-refractivity contribution in [2.45, 2.75) is 41.0 Å². The van der Waals surface area contributed by atoms with Crippen molar-refractivity contribution < 1.29 is 38.1 Å². The molecule has 0 fully saturated rings. The van der Waals surface area contributed by atoms with E-state index in [2.05, 4.69) is 0 Å². The smallest absolute Gasteiger partial charge is 0.316 e. The summed E-state index contributed by atoms with van der Waals surface area (Å²) in [6.07, 6.45) is 0.0188. The Morgan fingerprint density at radius 3 is 2.04 bits per heavy atom. The number of hydrogen-bond donors (Lipinski definition) is 0. The van der Waals surface area contributed by atoms with E-state index in [9.17, 15) is 19.2 Å². The largest absolute Gasteiger partial charge is 0.425 e. The van der Waals surface area contributed by atoms with Gasteiger partial charge in [-0.05, 0) is 32.9 Å². The van der Waals surface area contributed by atoms with Crippen molar-refractivity contribution in [2.75, 3.05) is 0 Å². The lowest BCUT2D eigenvalue weighted by Crippen LogP contribution is -2.26. The molecule has 1 aromatic rings. The third-order valence-electron chi connectivity index (χ3n) is 2.78. The topological polar surface area (TPSA) is 105 Å². The fourth-order valence-corrected chi connectivity index (χ4v) is 1.53. The molecular weight excluding hydrogens is 332 g/mol. The predicted molar refractivity (Wildman–Crippen MR) is 85.5 cm³/mol. The van der Waals surface area contributed by atoms with Crippen molar-refractivity contribution in [3.05, 3.63) is 12.1 Å². The van der Waals surface area contributed by atoms with Crippen molar-refractivity contribution in [1.29, 1.82) is 0 Å². The molecule has 1 aromatic carbocycles. The lowest BCUT2D eigenvalue weighted by Gasteiger charge is -2.19. The second-order valence-electron chi connectivity index (χ2n) is 5.99. The summed E-state index contributed by atoms with van der Waals surface area (Å²) in [7, 11) is 0. The third-order valence-corrected chi connectivity index (χ3v) is 2.78. The summed E-state index contributed by atoms with van der Waals surface area (Å²) in [6, 6.07) is 2.52. The highest BCUT2D eigenvalue weighted by molar-refractivity contribution is 5.82. The fraction of sp³-hybridized carbons (Fsp3) is 0.412.